The number of amides is 2. The van der Waals surface area contributed by atoms with Gasteiger partial charge in [-0.1, -0.05) is 31.2 Å². The molecule has 13 nitrogen and oxygen atoms in total. The maximum Gasteiger partial charge on any atom is 0.278 e. The van der Waals surface area contributed by atoms with Gasteiger partial charge in [0.1, 0.15) is 11.4 Å². The molecule has 0 saturated carbocycles. The summed E-state index contributed by atoms with van der Waals surface area (Å²) in [6.07, 6.45) is 9.42. The molecular formula is C42H48N10O3. The van der Waals surface area contributed by atoms with Crippen molar-refractivity contribution in [2.75, 3.05) is 48.3 Å². The number of piperazine rings is 1. The Labute approximate surface area is 320 Å². The first kappa shape index (κ1) is 36.2. The number of fused-ring (bicyclic) bond motifs is 2. The van der Waals surface area contributed by atoms with Crippen LogP contribution in [0.3, 0.4) is 0 Å². The molecule has 3 aromatic heterocycles. The van der Waals surface area contributed by atoms with Crippen LogP contribution in [-0.2, 0) is 29.0 Å². The van der Waals surface area contributed by atoms with Crippen LogP contribution in [0.1, 0.15) is 61.8 Å². The Morgan fingerprint density at radius 1 is 0.909 bits per heavy atom. The number of aryl methyl sites for hydroxylation is 2. The Morgan fingerprint density at radius 2 is 1.69 bits per heavy atom. The predicted molar refractivity (Wildman–Crippen MR) is 215 cm³/mol. The van der Waals surface area contributed by atoms with Crippen molar-refractivity contribution in [3.63, 3.8) is 0 Å². The van der Waals surface area contributed by atoms with Gasteiger partial charge in [-0.15, -0.1) is 6.58 Å². The Bertz CT molecular complexity index is 2250. The molecule has 13 heteroatoms. The molecule has 3 N–H and O–H groups in total. The maximum absolute atomic E-state index is 13.5. The van der Waals surface area contributed by atoms with Crippen LogP contribution < -0.4 is 26.4 Å². The van der Waals surface area contributed by atoms with Gasteiger partial charge in [-0.25, -0.2) is 19.3 Å². The number of rotatable bonds is 13. The third kappa shape index (κ3) is 7.74. The summed E-state index contributed by atoms with van der Waals surface area (Å²) in [5.41, 5.74) is 6.95. The van der Waals surface area contributed by atoms with Crippen molar-refractivity contribution in [1.82, 2.24) is 34.5 Å². The van der Waals surface area contributed by atoms with Gasteiger partial charge in [0.2, 0.25) is 17.8 Å². The van der Waals surface area contributed by atoms with E-state index in [2.05, 4.69) is 86.7 Å². The molecule has 0 spiro atoms. The third-order valence-electron chi connectivity index (χ3n) is 11.2. The zero-order valence-corrected chi connectivity index (χ0v) is 31.3. The lowest BCUT2D eigenvalue weighted by atomic mass is 10.0. The standard InChI is InChI=1S/C42H48N10O3/c1-3-21-51-41(55)34-27-43-42(48-39(34)52(51)36-19-11-30-10-9-29(4-2)38(30)46-36)45-32-12-7-28(8-13-32)6-5-22-49-23-25-50(26-24-49)33-16-14-31(15-17-33)44-35-18-20-37(53)47-40(35)54/h3,7-8,11-17,19,27,29,35,44H,1,4-6,9-10,18,20-26H2,2H3,(H,43,45,48)(H,47,53,54). The number of carbonyl (C=O) groups is 2. The third-order valence-corrected chi connectivity index (χ3v) is 11.2. The molecule has 2 fully saturated rings. The first-order valence-electron chi connectivity index (χ1n) is 19.5. The molecule has 5 aromatic rings. The highest BCUT2D eigenvalue weighted by Gasteiger charge is 2.27. The smallest absolute Gasteiger partial charge is 0.278 e. The van der Waals surface area contributed by atoms with Crippen molar-refractivity contribution in [3.05, 3.63) is 107 Å². The van der Waals surface area contributed by atoms with E-state index < -0.39 is 0 Å². The first-order chi connectivity index (χ1) is 26.9. The molecule has 284 valence electrons. The number of anilines is 4. The van der Waals surface area contributed by atoms with Gasteiger partial charge in [-0.3, -0.25) is 24.6 Å². The van der Waals surface area contributed by atoms with Crippen molar-refractivity contribution in [1.29, 1.82) is 0 Å². The van der Waals surface area contributed by atoms with Crippen molar-refractivity contribution in [3.8, 4) is 5.82 Å². The fraction of sp³-hybridized carbons (Fsp3) is 0.381. The lowest BCUT2D eigenvalue weighted by Gasteiger charge is -2.36. The van der Waals surface area contributed by atoms with E-state index >= 15 is 0 Å². The average molecular weight is 741 g/mol. The Balaban J connectivity index is 0.844. The van der Waals surface area contributed by atoms with E-state index in [1.54, 1.807) is 17.0 Å². The molecule has 2 atom stereocenters. The van der Waals surface area contributed by atoms with Gasteiger partial charge in [0.05, 0.1) is 6.54 Å². The lowest BCUT2D eigenvalue weighted by Crippen LogP contribution is -2.47. The fourth-order valence-electron chi connectivity index (χ4n) is 8.07. The van der Waals surface area contributed by atoms with E-state index in [1.165, 1.54) is 16.8 Å². The molecule has 2 aliphatic heterocycles. The summed E-state index contributed by atoms with van der Waals surface area (Å²) >= 11 is 0. The number of pyridine rings is 1. The quantitative estimate of drug-likeness (QED) is 0.107. The van der Waals surface area contributed by atoms with E-state index in [4.69, 9.17) is 9.97 Å². The van der Waals surface area contributed by atoms with E-state index in [1.807, 2.05) is 22.9 Å². The highest BCUT2D eigenvalue weighted by Crippen LogP contribution is 2.34. The zero-order valence-electron chi connectivity index (χ0n) is 31.3. The molecule has 0 radical (unpaired) electrons. The van der Waals surface area contributed by atoms with Crippen molar-refractivity contribution >= 4 is 45.9 Å². The van der Waals surface area contributed by atoms with Crippen molar-refractivity contribution < 1.29 is 9.59 Å². The summed E-state index contributed by atoms with van der Waals surface area (Å²) < 4.78 is 3.43. The molecule has 2 aromatic carbocycles. The molecule has 2 unspecified atom stereocenters. The SMILES string of the molecule is C=CCn1c(=O)c2cnc(Nc3ccc(CCCN4CCN(c5ccc(NC6CCC(=O)NC6=O)cc5)CC4)cc3)nc2n1-c1ccc2c(n1)C(CC)CC2. The number of hydrogen-bond acceptors (Lipinski definition) is 10. The summed E-state index contributed by atoms with van der Waals surface area (Å²) in [4.78, 5) is 56.3. The fourth-order valence-corrected chi connectivity index (χ4v) is 8.07. The molecule has 1 aliphatic carbocycles. The predicted octanol–water partition coefficient (Wildman–Crippen LogP) is 5.32. The van der Waals surface area contributed by atoms with Gasteiger partial charge < -0.3 is 15.5 Å². The zero-order chi connectivity index (χ0) is 37.9. The number of piperidine rings is 1. The molecule has 5 heterocycles. The number of imide groups is 1. The number of nitrogens with one attached hydrogen (secondary N) is 3. The summed E-state index contributed by atoms with van der Waals surface area (Å²) in [6, 6.07) is 20.3. The molecular weight excluding hydrogens is 693 g/mol. The van der Waals surface area contributed by atoms with Gasteiger partial charge in [0, 0.05) is 67.5 Å². The normalized spacial score (nSPS) is 18.7. The molecule has 3 aliphatic rings. The van der Waals surface area contributed by atoms with E-state index in [0.29, 0.717) is 48.1 Å². The van der Waals surface area contributed by atoms with Crippen LogP contribution in [0.15, 0.2) is 84.3 Å². The minimum atomic E-state index is -0.380. The molecule has 2 saturated heterocycles. The Morgan fingerprint density at radius 3 is 2.44 bits per heavy atom. The largest absolute Gasteiger partial charge is 0.374 e. The number of benzene rings is 2. The summed E-state index contributed by atoms with van der Waals surface area (Å²) in [7, 11) is 0. The minimum absolute atomic E-state index is 0.171. The lowest BCUT2D eigenvalue weighted by molar-refractivity contribution is -0.133. The molecule has 0 bridgehead atoms. The number of allylic oxidation sites excluding steroid dienone is 1. The van der Waals surface area contributed by atoms with Gasteiger partial charge >= 0.3 is 0 Å². The van der Waals surface area contributed by atoms with Crippen LogP contribution in [0.25, 0.3) is 16.9 Å². The van der Waals surface area contributed by atoms with Gasteiger partial charge in [-0.05, 0) is 98.7 Å². The topological polar surface area (TPSA) is 142 Å². The summed E-state index contributed by atoms with van der Waals surface area (Å²) in [5, 5.41) is 9.43. The van der Waals surface area contributed by atoms with Crippen LogP contribution in [-0.4, -0.2) is 79.8 Å². The molecule has 8 rings (SSSR count). The van der Waals surface area contributed by atoms with Crippen LogP contribution in [0, 0.1) is 0 Å². The van der Waals surface area contributed by atoms with Gasteiger partial charge in [-0.2, -0.15) is 4.98 Å². The minimum Gasteiger partial charge on any atom is -0.374 e. The van der Waals surface area contributed by atoms with Crippen molar-refractivity contribution in [2.45, 2.75) is 70.4 Å². The number of nitrogens with zero attached hydrogens (tertiary/aromatic N) is 7. The number of hydrogen-bond donors (Lipinski definition) is 3. The number of carbonyl (C=O) groups excluding carboxylic acids is 2. The second-order valence-corrected chi connectivity index (χ2v) is 14.7. The monoisotopic (exact) mass is 740 g/mol. The second kappa shape index (κ2) is 15.9. The van der Waals surface area contributed by atoms with Crippen LogP contribution in [0.2, 0.25) is 0 Å². The molecule has 2 amide bonds. The van der Waals surface area contributed by atoms with E-state index in [9.17, 15) is 14.4 Å². The Hall–Kier alpha value is -5.82. The van der Waals surface area contributed by atoms with Gasteiger partial charge in [0.25, 0.3) is 5.56 Å². The summed E-state index contributed by atoms with van der Waals surface area (Å²) in [5.74, 6) is 1.05. The highest BCUT2D eigenvalue weighted by atomic mass is 16.2. The highest BCUT2D eigenvalue weighted by molar-refractivity contribution is 6.01. The Kier molecular flexibility index (Phi) is 10.4. The van der Waals surface area contributed by atoms with E-state index in [0.717, 1.165) is 81.9 Å². The average Bonchev–Trinajstić information content (AvgIpc) is 3.74. The first-order valence-corrected chi connectivity index (χ1v) is 19.5. The number of aromatic nitrogens is 5. The maximum atomic E-state index is 13.5. The second-order valence-electron chi connectivity index (χ2n) is 14.7. The van der Waals surface area contributed by atoms with Crippen molar-refractivity contribution in [2.24, 2.45) is 0 Å². The van der Waals surface area contributed by atoms with Crippen LogP contribution in [0.5, 0.6) is 0 Å². The van der Waals surface area contributed by atoms with Crippen LogP contribution in [0.4, 0.5) is 23.0 Å². The summed E-state index contributed by atoms with van der Waals surface area (Å²) in [6.45, 7) is 11.4. The van der Waals surface area contributed by atoms with Crippen LogP contribution >= 0.6 is 0 Å². The molecule has 55 heavy (non-hydrogen) atoms. The van der Waals surface area contributed by atoms with E-state index in [-0.39, 0.29) is 23.4 Å². The van der Waals surface area contributed by atoms with Gasteiger partial charge in [0.15, 0.2) is 11.5 Å².